The van der Waals surface area contributed by atoms with E-state index >= 15 is 0 Å². The molecule has 2 heteroatoms. The summed E-state index contributed by atoms with van der Waals surface area (Å²) in [5.41, 5.74) is 0.760. The van der Waals surface area contributed by atoms with E-state index < -0.39 is 0 Å². The first kappa shape index (κ1) is 7.34. The Morgan fingerprint density at radius 2 is 2.00 bits per heavy atom. The van der Waals surface area contributed by atoms with Crippen LogP contribution in [0.5, 0.6) is 0 Å². The monoisotopic (exact) mass is 167 g/mol. The van der Waals surface area contributed by atoms with Gasteiger partial charge in [0, 0.05) is 6.54 Å². The number of ether oxygens (including phenoxy) is 1. The molecule has 0 aromatic heterocycles. The highest BCUT2D eigenvalue weighted by Crippen LogP contribution is 2.60. The average molecular weight is 167 g/mol. The molecule has 1 aliphatic heterocycles. The van der Waals surface area contributed by atoms with Crippen LogP contribution in [0.25, 0.3) is 0 Å². The summed E-state index contributed by atoms with van der Waals surface area (Å²) in [5.74, 6) is 1.09. The van der Waals surface area contributed by atoms with E-state index in [1.54, 1.807) is 0 Å². The summed E-state index contributed by atoms with van der Waals surface area (Å²) < 4.78 is 5.13. The molecule has 68 valence electrons. The molecular weight excluding hydrogens is 150 g/mol. The zero-order valence-electron chi connectivity index (χ0n) is 7.51. The van der Waals surface area contributed by atoms with E-state index in [0.29, 0.717) is 6.04 Å². The van der Waals surface area contributed by atoms with Crippen molar-refractivity contribution in [2.24, 2.45) is 11.3 Å². The topological polar surface area (TPSA) is 21.3 Å². The van der Waals surface area contributed by atoms with Gasteiger partial charge in [0.2, 0.25) is 0 Å². The maximum absolute atomic E-state index is 5.13. The molecule has 0 unspecified atom stereocenters. The number of rotatable bonds is 4. The van der Waals surface area contributed by atoms with Gasteiger partial charge in [-0.05, 0) is 37.0 Å². The molecule has 0 amide bonds. The molecule has 3 rings (SSSR count). The standard InChI is InChI=1S/C10H17NO/c1-2-8(1)10(3-4-10)7-11-9-5-12-6-9/h8-9,11H,1-7H2. The van der Waals surface area contributed by atoms with Crippen molar-refractivity contribution in [3.05, 3.63) is 0 Å². The lowest BCUT2D eigenvalue weighted by molar-refractivity contribution is -0.00741. The fraction of sp³-hybridized carbons (Fsp3) is 1.00. The van der Waals surface area contributed by atoms with Crippen molar-refractivity contribution in [3.63, 3.8) is 0 Å². The minimum Gasteiger partial charge on any atom is -0.378 e. The Kier molecular flexibility index (Phi) is 1.50. The second-order valence-electron chi connectivity index (χ2n) is 4.75. The summed E-state index contributed by atoms with van der Waals surface area (Å²) in [4.78, 5) is 0. The van der Waals surface area contributed by atoms with Crippen molar-refractivity contribution in [1.82, 2.24) is 5.32 Å². The molecule has 1 N–H and O–H groups in total. The first-order chi connectivity index (χ1) is 5.89. The molecule has 0 aromatic carbocycles. The summed E-state index contributed by atoms with van der Waals surface area (Å²) in [6.45, 7) is 3.16. The molecule has 1 saturated heterocycles. The van der Waals surface area contributed by atoms with E-state index in [-0.39, 0.29) is 0 Å². The first-order valence-electron chi connectivity index (χ1n) is 5.20. The lowest BCUT2D eigenvalue weighted by Crippen LogP contribution is -2.48. The van der Waals surface area contributed by atoms with Crippen molar-refractivity contribution in [2.45, 2.75) is 31.7 Å². The van der Waals surface area contributed by atoms with Gasteiger partial charge in [0.25, 0.3) is 0 Å². The molecule has 12 heavy (non-hydrogen) atoms. The Morgan fingerprint density at radius 3 is 2.42 bits per heavy atom. The first-order valence-corrected chi connectivity index (χ1v) is 5.20. The minimum atomic E-state index is 0.682. The van der Waals surface area contributed by atoms with Gasteiger partial charge in [-0.25, -0.2) is 0 Å². The molecule has 0 bridgehead atoms. The third kappa shape index (κ3) is 1.17. The quantitative estimate of drug-likeness (QED) is 0.678. The fourth-order valence-electron chi connectivity index (χ4n) is 2.29. The van der Waals surface area contributed by atoms with Crippen LogP contribution >= 0.6 is 0 Å². The van der Waals surface area contributed by atoms with E-state index in [1.807, 2.05) is 0 Å². The summed E-state index contributed by atoms with van der Waals surface area (Å²) in [7, 11) is 0. The molecule has 3 fully saturated rings. The molecule has 2 saturated carbocycles. The van der Waals surface area contributed by atoms with Crippen LogP contribution in [0.2, 0.25) is 0 Å². The van der Waals surface area contributed by atoms with Gasteiger partial charge < -0.3 is 10.1 Å². The minimum absolute atomic E-state index is 0.682. The van der Waals surface area contributed by atoms with Crippen LogP contribution in [0.1, 0.15) is 25.7 Å². The molecule has 2 nitrogen and oxygen atoms in total. The van der Waals surface area contributed by atoms with Crippen LogP contribution in [0.4, 0.5) is 0 Å². The largest absolute Gasteiger partial charge is 0.378 e. The summed E-state index contributed by atoms with van der Waals surface area (Å²) in [6, 6.07) is 0.682. The Balaban J connectivity index is 1.47. The highest BCUT2D eigenvalue weighted by Gasteiger charge is 2.53. The van der Waals surface area contributed by atoms with E-state index in [0.717, 1.165) is 24.5 Å². The molecule has 0 aromatic rings. The Hall–Kier alpha value is -0.0800. The lowest BCUT2D eigenvalue weighted by Gasteiger charge is -2.29. The normalized spacial score (nSPS) is 33.0. The Bertz CT molecular complexity index is 180. The van der Waals surface area contributed by atoms with Crippen molar-refractivity contribution >= 4 is 0 Å². The second kappa shape index (κ2) is 2.46. The maximum Gasteiger partial charge on any atom is 0.0643 e. The van der Waals surface area contributed by atoms with E-state index in [4.69, 9.17) is 4.74 Å². The molecular formula is C10H17NO. The molecule has 0 spiro atoms. The summed E-state index contributed by atoms with van der Waals surface area (Å²) in [5, 5.41) is 3.62. The van der Waals surface area contributed by atoms with E-state index in [1.165, 1.54) is 32.2 Å². The van der Waals surface area contributed by atoms with Gasteiger partial charge in [-0.15, -0.1) is 0 Å². The smallest absolute Gasteiger partial charge is 0.0643 e. The Labute approximate surface area is 73.7 Å². The van der Waals surface area contributed by atoms with Gasteiger partial charge in [0.05, 0.1) is 19.3 Å². The molecule has 3 aliphatic rings. The van der Waals surface area contributed by atoms with Gasteiger partial charge in [-0.2, -0.15) is 0 Å². The lowest BCUT2D eigenvalue weighted by atomic mass is 10.0. The van der Waals surface area contributed by atoms with Crippen LogP contribution < -0.4 is 5.32 Å². The van der Waals surface area contributed by atoms with Crippen molar-refractivity contribution in [2.75, 3.05) is 19.8 Å². The van der Waals surface area contributed by atoms with Crippen LogP contribution in [0, 0.1) is 11.3 Å². The third-order valence-corrected chi connectivity index (χ3v) is 3.72. The second-order valence-corrected chi connectivity index (χ2v) is 4.75. The average Bonchev–Trinajstić information content (AvgIpc) is 2.80. The molecule has 1 heterocycles. The van der Waals surface area contributed by atoms with Crippen molar-refractivity contribution in [1.29, 1.82) is 0 Å². The number of hydrogen-bond donors (Lipinski definition) is 1. The van der Waals surface area contributed by atoms with Crippen molar-refractivity contribution in [3.8, 4) is 0 Å². The SMILES string of the molecule is C1OCC1NCC1(C2CC2)CC1. The molecule has 0 atom stereocenters. The summed E-state index contributed by atoms with van der Waals surface area (Å²) >= 11 is 0. The van der Waals surface area contributed by atoms with Gasteiger partial charge >= 0.3 is 0 Å². The van der Waals surface area contributed by atoms with Gasteiger partial charge in [0.1, 0.15) is 0 Å². The van der Waals surface area contributed by atoms with Crippen LogP contribution in [-0.4, -0.2) is 25.8 Å². The molecule has 2 aliphatic carbocycles. The maximum atomic E-state index is 5.13. The molecule has 0 radical (unpaired) electrons. The predicted octanol–water partition coefficient (Wildman–Crippen LogP) is 1.16. The van der Waals surface area contributed by atoms with E-state index in [9.17, 15) is 0 Å². The van der Waals surface area contributed by atoms with Gasteiger partial charge in [0.15, 0.2) is 0 Å². The van der Waals surface area contributed by atoms with Crippen LogP contribution in [0.15, 0.2) is 0 Å². The highest BCUT2D eigenvalue weighted by atomic mass is 16.5. The fourth-order valence-corrected chi connectivity index (χ4v) is 2.29. The Morgan fingerprint density at radius 1 is 1.25 bits per heavy atom. The van der Waals surface area contributed by atoms with Crippen LogP contribution in [-0.2, 0) is 4.74 Å². The third-order valence-electron chi connectivity index (χ3n) is 3.72. The highest BCUT2D eigenvalue weighted by molar-refractivity contribution is 5.05. The van der Waals surface area contributed by atoms with Crippen LogP contribution in [0.3, 0.4) is 0 Å². The van der Waals surface area contributed by atoms with Crippen molar-refractivity contribution < 1.29 is 4.74 Å². The van der Waals surface area contributed by atoms with Gasteiger partial charge in [-0.3, -0.25) is 0 Å². The van der Waals surface area contributed by atoms with E-state index in [2.05, 4.69) is 5.32 Å². The van der Waals surface area contributed by atoms with Gasteiger partial charge in [-0.1, -0.05) is 0 Å². The number of hydrogen-bond acceptors (Lipinski definition) is 2. The summed E-state index contributed by atoms with van der Waals surface area (Å²) in [6.07, 6.45) is 5.97. The number of nitrogens with one attached hydrogen (secondary N) is 1. The zero-order chi connectivity index (χ0) is 8.02. The predicted molar refractivity (Wildman–Crippen MR) is 47.0 cm³/mol. The zero-order valence-corrected chi connectivity index (χ0v) is 7.51.